The first kappa shape index (κ1) is 28.1. The average Bonchev–Trinajstić information content (AvgIpc) is 2.94. The Bertz CT molecular complexity index is 749. The molecule has 0 spiro atoms. The van der Waals surface area contributed by atoms with Gasteiger partial charge >= 0.3 is 35.8 Å². The molecule has 33 heavy (non-hydrogen) atoms. The Morgan fingerprint density at radius 2 is 0.818 bits per heavy atom. The molecule has 8 atom stereocenters. The van der Waals surface area contributed by atoms with Gasteiger partial charge in [-0.1, -0.05) is 41.5 Å². The molecular formula is C22H32O11. The summed E-state index contributed by atoms with van der Waals surface area (Å²) in [5, 5.41) is 38.8. The van der Waals surface area contributed by atoms with Crippen LogP contribution in [0.1, 0.15) is 41.5 Å². The summed E-state index contributed by atoms with van der Waals surface area (Å²) in [6.07, 6.45) is 0. The van der Waals surface area contributed by atoms with Crippen molar-refractivity contribution >= 4 is 35.8 Å². The summed E-state index contributed by atoms with van der Waals surface area (Å²) < 4.78 is 4.73. The van der Waals surface area contributed by atoms with Gasteiger partial charge in [-0.05, 0) is 23.7 Å². The lowest BCUT2D eigenvalue weighted by Gasteiger charge is -2.36. The van der Waals surface area contributed by atoms with Crippen LogP contribution in [-0.4, -0.2) is 56.2 Å². The highest BCUT2D eigenvalue weighted by atomic mass is 16.6. The Balaban J connectivity index is 3.56. The standard InChI is InChI=1S/C22H32O11/c1-7(2)11(17(23)24)13(19(27)28)9(5)15-16(22(32)33-21(15)31)10(6)14(20(29)30)12(8(3)4)18(25)26/h7-16H,1-6H3,(H,23,24)(H,25,26)(H,27,28)(H,29,30). The summed E-state index contributed by atoms with van der Waals surface area (Å²) in [5.74, 6) is -20.4. The van der Waals surface area contributed by atoms with Gasteiger partial charge in [-0.2, -0.15) is 0 Å². The highest BCUT2D eigenvalue weighted by Crippen LogP contribution is 2.45. The summed E-state index contributed by atoms with van der Waals surface area (Å²) in [4.78, 5) is 73.0. The van der Waals surface area contributed by atoms with E-state index >= 15 is 0 Å². The lowest BCUT2D eigenvalue weighted by atomic mass is 9.64. The SMILES string of the molecule is CC(C)C(C(=O)O)C(C(=O)O)C(C)C1C(=O)OC(=O)C1C(C)C(C(=O)O)C(C(=O)O)C(C)C. The molecule has 1 heterocycles. The zero-order valence-corrected chi connectivity index (χ0v) is 19.4. The van der Waals surface area contributed by atoms with E-state index in [2.05, 4.69) is 0 Å². The van der Waals surface area contributed by atoms with Crippen LogP contribution in [0.15, 0.2) is 0 Å². The van der Waals surface area contributed by atoms with Gasteiger partial charge in [0.25, 0.3) is 0 Å². The molecule has 186 valence electrons. The summed E-state index contributed by atoms with van der Waals surface area (Å²) in [5.41, 5.74) is 0. The third-order valence-corrected chi connectivity index (χ3v) is 6.75. The fourth-order valence-electron chi connectivity index (χ4n) is 5.18. The smallest absolute Gasteiger partial charge is 0.317 e. The number of carbonyl (C=O) groups excluding carboxylic acids is 2. The van der Waals surface area contributed by atoms with E-state index in [-0.39, 0.29) is 0 Å². The molecule has 1 saturated heterocycles. The molecule has 0 aromatic carbocycles. The van der Waals surface area contributed by atoms with E-state index in [9.17, 15) is 49.2 Å². The van der Waals surface area contributed by atoms with Crippen LogP contribution < -0.4 is 0 Å². The van der Waals surface area contributed by atoms with Crippen LogP contribution in [0.3, 0.4) is 0 Å². The third kappa shape index (κ3) is 5.69. The minimum atomic E-state index is -1.58. The third-order valence-electron chi connectivity index (χ3n) is 6.75. The maximum Gasteiger partial charge on any atom is 0.317 e. The molecular weight excluding hydrogens is 440 g/mol. The molecule has 0 amide bonds. The number of hydrogen-bond acceptors (Lipinski definition) is 7. The Kier molecular flexibility index (Phi) is 9.15. The van der Waals surface area contributed by atoms with Crippen molar-refractivity contribution in [3.8, 4) is 0 Å². The van der Waals surface area contributed by atoms with Crippen LogP contribution in [0.25, 0.3) is 0 Å². The summed E-state index contributed by atoms with van der Waals surface area (Å²) >= 11 is 0. The molecule has 0 aromatic rings. The van der Waals surface area contributed by atoms with Gasteiger partial charge in [0.1, 0.15) is 0 Å². The van der Waals surface area contributed by atoms with Crippen molar-refractivity contribution in [2.24, 2.45) is 59.2 Å². The molecule has 0 radical (unpaired) electrons. The number of rotatable bonds is 12. The normalized spacial score (nSPS) is 24.0. The van der Waals surface area contributed by atoms with E-state index in [1.54, 1.807) is 0 Å². The first-order chi connectivity index (χ1) is 15.1. The molecule has 0 aliphatic carbocycles. The van der Waals surface area contributed by atoms with E-state index in [1.807, 2.05) is 0 Å². The Morgan fingerprint density at radius 1 is 0.576 bits per heavy atom. The molecule has 11 heteroatoms. The number of carboxylic acid groups (broad SMARTS) is 4. The van der Waals surface area contributed by atoms with E-state index < -0.39 is 95.0 Å². The second kappa shape index (κ2) is 10.8. The predicted molar refractivity (Wildman–Crippen MR) is 111 cm³/mol. The van der Waals surface area contributed by atoms with Crippen molar-refractivity contribution in [2.45, 2.75) is 41.5 Å². The largest absolute Gasteiger partial charge is 0.481 e. The molecule has 0 bridgehead atoms. The fourth-order valence-corrected chi connectivity index (χ4v) is 5.18. The number of carboxylic acids is 4. The molecule has 1 rings (SSSR count). The zero-order valence-electron chi connectivity index (χ0n) is 19.4. The molecule has 0 aromatic heterocycles. The molecule has 0 saturated carbocycles. The Hall–Kier alpha value is -2.98. The minimum absolute atomic E-state index is 0.626. The molecule has 11 nitrogen and oxygen atoms in total. The van der Waals surface area contributed by atoms with Gasteiger partial charge in [0.05, 0.1) is 35.5 Å². The Labute approximate surface area is 191 Å². The zero-order chi connectivity index (χ0) is 25.9. The van der Waals surface area contributed by atoms with Gasteiger partial charge in [-0.3, -0.25) is 28.8 Å². The van der Waals surface area contributed by atoms with Gasteiger partial charge in [0.2, 0.25) is 0 Å². The van der Waals surface area contributed by atoms with Crippen LogP contribution in [-0.2, 0) is 33.5 Å². The monoisotopic (exact) mass is 472 g/mol. The van der Waals surface area contributed by atoms with Crippen molar-refractivity contribution in [2.75, 3.05) is 0 Å². The van der Waals surface area contributed by atoms with Crippen molar-refractivity contribution in [3.05, 3.63) is 0 Å². The second-order valence-electron chi connectivity index (χ2n) is 9.45. The highest BCUT2D eigenvalue weighted by Gasteiger charge is 2.57. The first-order valence-electron chi connectivity index (χ1n) is 10.7. The van der Waals surface area contributed by atoms with Crippen molar-refractivity contribution < 1.29 is 53.9 Å². The van der Waals surface area contributed by atoms with Gasteiger partial charge in [0, 0.05) is 0 Å². The van der Waals surface area contributed by atoms with Crippen LogP contribution >= 0.6 is 0 Å². The van der Waals surface area contributed by atoms with E-state index in [0.717, 1.165) is 0 Å². The van der Waals surface area contributed by atoms with Crippen molar-refractivity contribution in [1.29, 1.82) is 0 Å². The van der Waals surface area contributed by atoms with Gasteiger partial charge in [-0.15, -0.1) is 0 Å². The number of carbonyl (C=O) groups is 6. The first-order valence-corrected chi connectivity index (χ1v) is 10.7. The summed E-state index contributed by atoms with van der Waals surface area (Å²) in [7, 11) is 0. The van der Waals surface area contributed by atoms with E-state index in [4.69, 9.17) is 4.74 Å². The average molecular weight is 472 g/mol. The van der Waals surface area contributed by atoms with Gasteiger partial charge in [-0.25, -0.2) is 0 Å². The van der Waals surface area contributed by atoms with Crippen LogP contribution in [0.4, 0.5) is 0 Å². The highest BCUT2D eigenvalue weighted by molar-refractivity contribution is 5.97. The Morgan fingerprint density at radius 3 is 1.00 bits per heavy atom. The fraction of sp³-hybridized carbons (Fsp3) is 0.727. The van der Waals surface area contributed by atoms with Crippen molar-refractivity contribution in [3.63, 3.8) is 0 Å². The lowest BCUT2D eigenvalue weighted by molar-refractivity contribution is -0.162. The number of hydrogen-bond donors (Lipinski definition) is 4. The maximum absolute atomic E-state index is 12.6. The molecule has 8 unspecified atom stereocenters. The van der Waals surface area contributed by atoms with E-state index in [0.29, 0.717) is 0 Å². The van der Waals surface area contributed by atoms with Crippen LogP contribution in [0.5, 0.6) is 0 Å². The van der Waals surface area contributed by atoms with Crippen molar-refractivity contribution in [1.82, 2.24) is 0 Å². The second-order valence-corrected chi connectivity index (χ2v) is 9.45. The number of cyclic esters (lactones) is 2. The number of esters is 2. The molecule has 4 N–H and O–H groups in total. The topological polar surface area (TPSA) is 193 Å². The van der Waals surface area contributed by atoms with Gasteiger partial charge < -0.3 is 25.2 Å². The molecule has 1 fully saturated rings. The maximum atomic E-state index is 12.6. The number of ether oxygens (including phenoxy) is 1. The quantitative estimate of drug-likeness (QED) is 0.238. The summed E-state index contributed by atoms with van der Waals surface area (Å²) in [6.45, 7) is 8.68. The number of aliphatic carboxylic acids is 4. The molecule has 1 aliphatic heterocycles. The lowest BCUT2D eigenvalue weighted by Crippen LogP contribution is -2.46. The predicted octanol–water partition coefficient (Wildman–Crippen LogP) is 1.69. The summed E-state index contributed by atoms with van der Waals surface area (Å²) in [6, 6.07) is 0. The molecule has 1 aliphatic rings. The van der Waals surface area contributed by atoms with Crippen LogP contribution in [0.2, 0.25) is 0 Å². The van der Waals surface area contributed by atoms with Gasteiger partial charge in [0.15, 0.2) is 0 Å². The van der Waals surface area contributed by atoms with E-state index in [1.165, 1.54) is 41.5 Å². The minimum Gasteiger partial charge on any atom is -0.481 e. The van der Waals surface area contributed by atoms with Crippen LogP contribution in [0, 0.1) is 59.2 Å².